The fourth-order valence-corrected chi connectivity index (χ4v) is 3.88. The first kappa shape index (κ1) is 31.5. The zero-order valence-electron chi connectivity index (χ0n) is 22.0. The molecule has 0 spiro atoms. The number of para-hydroxylation sites is 4. The van der Waals surface area contributed by atoms with Gasteiger partial charge in [-0.2, -0.15) is 0 Å². The van der Waals surface area contributed by atoms with Crippen LogP contribution in [-0.4, -0.2) is 42.1 Å². The van der Waals surface area contributed by atoms with Crippen molar-refractivity contribution in [3.8, 4) is 34.4 Å². The normalized spacial score (nSPS) is 10.6. The first-order valence-electron chi connectivity index (χ1n) is 12.5. The molecule has 5 aromatic heterocycles. The summed E-state index contributed by atoms with van der Waals surface area (Å²) in [5.74, 6) is 1.52. The molecule has 7 nitrogen and oxygen atoms in total. The van der Waals surface area contributed by atoms with Gasteiger partial charge in [-0.3, -0.25) is 9.97 Å². The quantitative estimate of drug-likeness (QED) is 0.144. The number of hydrogen-bond donors (Lipinski definition) is 2. The monoisotopic (exact) mass is 691 g/mol. The molecule has 2 N–H and O–H groups in total. The fraction of sp³-hybridized carbons (Fsp3) is 0. The molecule has 0 atom stereocenters. The second-order valence-electron chi connectivity index (χ2n) is 8.54. The third kappa shape index (κ3) is 9.26. The Bertz CT molecular complexity index is 1670. The number of benzene rings is 2. The first-order chi connectivity index (χ1) is 20.8. The van der Waals surface area contributed by atoms with Gasteiger partial charge in [0.2, 0.25) is 0 Å². The summed E-state index contributed by atoms with van der Waals surface area (Å²) in [6.45, 7) is 0. The molecule has 43 heavy (non-hydrogen) atoms. The van der Waals surface area contributed by atoms with Crippen LogP contribution in [0.3, 0.4) is 0 Å². The van der Waals surface area contributed by atoms with Crippen LogP contribution in [0.4, 0.5) is 17.3 Å². The molecular formula is C29H21BClF4N7Ru. The van der Waals surface area contributed by atoms with Crippen LogP contribution in [0.2, 0.25) is 0 Å². The summed E-state index contributed by atoms with van der Waals surface area (Å²) < 4.78 is 39.0. The summed E-state index contributed by atoms with van der Waals surface area (Å²) in [6, 6.07) is 33.4. The van der Waals surface area contributed by atoms with Gasteiger partial charge in [-0.25, -0.2) is 15.0 Å². The Kier molecular flexibility index (Phi) is 11.1. The van der Waals surface area contributed by atoms with Gasteiger partial charge in [0.05, 0.1) is 33.5 Å². The van der Waals surface area contributed by atoms with Crippen molar-refractivity contribution in [2.45, 2.75) is 0 Å². The number of imidazole rings is 2. The van der Waals surface area contributed by atoms with E-state index in [2.05, 4.69) is 39.6 Å². The van der Waals surface area contributed by atoms with Gasteiger partial charge < -0.3 is 27.2 Å². The Morgan fingerprint density at radius 3 is 1.23 bits per heavy atom. The molecule has 218 valence electrons. The minimum atomic E-state index is -6.00. The SMILES string of the molecule is F[B-](F)(F)F.[Cl][Ru+].c1cc(-c2nc3ccccc3[nH]2)nc(-c2nc3ccccc3[nH]2)c1.c1ccc(-c2ccccn2)nc1. The van der Waals surface area contributed by atoms with E-state index in [0.29, 0.717) is 0 Å². The summed E-state index contributed by atoms with van der Waals surface area (Å²) in [4.78, 5) is 28.9. The van der Waals surface area contributed by atoms with Crippen LogP contribution in [0.25, 0.3) is 56.5 Å². The van der Waals surface area contributed by atoms with E-state index >= 15 is 0 Å². The van der Waals surface area contributed by atoms with E-state index in [0.717, 1.165) is 56.5 Å². The van der Waals surface area contributed by atoms with Crippen LogP contribution >= 0.6 is 9.69 Å². The number of rotatable bonds is 3. The van der Waals surface area contributed by atoms with E-state index < -0.39 is 7.25 Å². The third-order valence-electron chi connectivity index (χ3n) is 5.61. The van der Waals surface area contributed by atoms with Crippen molar-refractivity contribution in [1.29, 1.82) is 0 Å². The van der Waals surface area contributed by atoms with Crippen LogP contribution in [0.5, 0.6) is 0 Å². The maximum Gasteiger partial charge on any atom is 0.157 e. The number of fused-ring (bicyclic) bond motifs is 2. The molecule has 14 heteroatoms. The van der Waals surface area contributed by atoms with E-state index in [1.165, 1.54) is 0 Å². The summed E-state index contributed by atoms with van der Waals surface area (Å²) in [6.07, 6.45) is 3.54. The Hall–Kier alpha value is -4.47. The third-order valence-corrected chi connectivity index (χ3v) is 5.61. The molecule has 7 aromatic rings. The second-order valence-corrected chi connectivity index (χ2v) is 8.54. The van der Waals surface area contributed by atoms with E-state index in [-0.39, 0.29) is 0 Å². The Balaban J connectivity index is 0.000000186. The molecule has 0 bridgehead atoms. The Labute approximate surface area is 257 Å². The smallest absolute Gasteiger partial charge is 0.157 e. The van der Waals surface area contributed by atoms with Crippen molar-refractivity contribution >= 4 is 39.0 Å². The number of nitrogens with one attached hydrogen (secondary N) is 2. The largest absolute Gasteiger partial charge is 0.337 e. The van der Waals surface area contributed by atoms with Crippen molar-refractivity contribution in [2.24, 2.45) is 0 Å². The van der Waals surface area contributed by atoms with E-state index in [1.54, 1.807) is 12.4 Å². The number of pyridine rings is 3. The van der Waals surface area contributed by atoms with Crippen molar-refractivity contribution in [3.63, 3.8) is 0 Å². The molecule has 5 heterocycles. The fourth-order valence-electron chi connectivity index (χ4n) is 3.88. The van der Waals surface area contributed by atoms with Crippen molar-refractivity contribution < 1.29 is 34.6 Å². The number of aromatic amines is 2. The minimum absolute atomic E-state index is 0.758. The molecule has 0 saturated carbocycles. The molecule has 7 rings (SSSR count). The number of hydrogen-bond acceptors (Lipinski definition) is 5. The van der Waals surface area contributed by atoms with Gasteiger partial charge in [-0.05, 0) is 60.7 Å². The van der Waals surface area contributed by atoms with Gasteiger partial charge in [0.25, 0.3) is 0 Å². The Morgan fingerprint density at radius 2 is 0.860 bits per heavy atom. The van der Waals surface area contributed by atoms with Gasteiger partial charge in [0, 0.05) is 12.4 Å². The van der Waals surface area contributed by atoms with E-state index in [4.69, 9.17) is 4.98 Å². The second kappa shape index (κ2) is 15.1. The van der Waals surface area contributed by atoms with E-state index in [1.807, 2.05) is 120 Å². The van der Waals surface area contributed by atoms with Crippen LogP contribution in [0, 0.1) is 0 Å². The van der Waals surface area contributed by atoms with Gasteiger partial charge in [0.15, 0.2) is 11.6 Å². The standard InChI is InChI=1S/C19H13N5.C10H8N2.BF4.ClH.Ru/c1-2-7-13-12(6-1)21-18(22-13)16-10-5-11-17(20-16)19-23-14-8-3-4-9-15(14)24-19;1-3-7-11-9(5-1)10-6-2-4-8-12-10;2-1(3,4)5;;/h1-11H,(H,21,22)(H,23,24);1-8H;;1H;/q;;-1;;+2/p-1. The summed E-state index contributed by atoms with van der Waals surface area (Å²) in [5, 5.41) is 0. The predicted molar refractivity (Wildman–Crippen MR) is 158 cm³/mol. The molecule has 0 aliphatic rings. The van der Waals surface area contributed by atoms with E-state index in [9.17, 15) is 17.3 Å². The summed E-state index contributed by atoms with van der Waals surface area (Å²) >= 11 is 1.82. The first-order valence-corrected chi connectivity index (χ1v) is 14.8. The molecule has 0 aliphatic heterocycles. The predicted octanol–water partition coefficient (Wildman–Crippen LogP) is 8.30. The topological polar surface area (TPSA) is 96.0 Å². The van der Waals surface area contributed by atoms with Crippen LogP contribution in [-0.2, 0) is 17.3 Å². The van der Waals surface area contributed by atoms with Crippen molar-refractivity contribution in [1.82, 2.24) is 34.9 Å². The van der Waals surface area contributed by atoms with Gasteiger partial charge >= 0.3 is 34.3 Å². The maximum atomic E-state index is 9.75. The molecule has 0 radical (unpaired) electrons. The number of nitrogens with zero attached hydrogens (tertiary/aromatic N) is 5. The minimum Gasteiger partial charge on any atom is -0.337 e. The Morgan fingerprint density at radius 1 is 0.488 bits per heavy atom. The van der Waals surface area contributed by atoms with Crippen LogP contribution in [0.1, 0.15) is 0 Å². The molecule has 0 amide bonds. The zero-order valence-corrected chi connectivity index (χ0v) is 24.5. The zero-order chi connectivity index (χ0) is 30.7. The summed E-state index contributed by atoms with van der Waals surface area (Å²) in [5.41, 5.74) is 7.29. The van der Waals surface area contributed by atoms with Crippen LogP contribution in [0.15, 0.2) is 116 Å². The van der Waals surface area contributed by atoms with Gasteiger partial charge in [-0.15, -0.1) is 0 Å². The van der Waals surface area contributed by atoms with Crippen molar-refractivity contribution in [2.75, 3.05) is 0 Å². The number of halogens is 5. The molecule has 0 saturated heterocycles. The average Bonchev–Trinajstić information content (AvgIpc) is 3.68. The summed E-state index contributed by atoms with van der Waals surface area (Å²) in [7, 11) is -1.43. The average molecular weight is 691 g/mol. The molecule has 0 fully saturated rings. The number of aromatic nitrogens is 7. The van der Waals surface area contributed by atoms with Crippen LogP contribution < -0.4 is 0 Å². The van der Waals surface area contributed by atoms with Gasteiger partial charge in [-0.1, -0.05) is 42.5 Å². The molecule has 0 unspecified atom stereocenters. The van der Waals surface area contributed by atoms with Gasteiger partial charge in [0.1, 0.15) is 11.4 Å². The maximum absolute atomic E-state index is 9.75. The molecule has 2 aromatic carbocycles. The molecular weight excluding hydrogens is 670 g/mol. The molecule has 0 aliphatic carbocycles. The van der Waals surface area contributed by atoms with Crippen molar-refractivity contribution in [3.05, 3.63) is 116 Å². The number of H-pyrrole nitrogens is 2.